The molecule has 0 atom stereocenters. The summed E-state index contributed by atoms with van der Waals surface area (Å²) in [4.78, 5) is 21.3. The SMILES string of the molecule is O=C(CSc1ccc(F)c(F)c1)N1CCN(Cc2ccccn2)CC1. The van der Waals surface area contributed by atoms with E-state index in [9.17, 15) is 13.6 Å². The second-order valence-electron chi connectivity index (χ2n) is 5.84. The number of nitrogens with zero attached hydrogens (tertiary/aromatic N) is 3. The molecule has 25 heavy (non-hydrogen) atoms. The quantitative estimate of drug-likeness (QED) is 0.766. The maximum absolute atomic E-state index is 13.2. The molecule has 0 saturated carbocycles. The molecule has 1 amide bonds. The summed E-state index contributed by atoms with van der Waals surface area (Å²) in [6.07, 6.45) is 1.78. The number of thioether (sulfide) groups is 1. The number of carbonyl (C=O) groups is 1. The van der Waals surface area contributed by atoms with E-state index in [-0.39, 0.29) is 11.7 Å². The number of benzene rings is 1. The van der Waals surface area contributed by atoms with Gasteiger partial charge in [0, 0.05) is 43.8 Å². The smallest absolute Gasteiger partial charge is 0.233 e. The van der Waals surface area contributed by atoms with E-state index in [1.54, 1.807) is 6.20 Å². The first-order chi connectivity index (χ1) is 12.1. The number of hydrogen-bond acceptors (Lipinski definition) is 4. The van der Waals surface area contributed by atoms with Crippen LogP contribution in [0.5, 0.6) is 0 Å². The molecule has 3 rings (SSSR count). The summed E-state index contributed by atoms with van der Waals surface area (Å²) in [6, 6.07) is 9.55. The lowest BCUT2D eigenvalue weighted by Gasteiger charge is -2.34. The van der Waals surface area contributed by atoms with Gasteiger partial charge in [-0.3, -0.25) is 14.7 Å². The van der Waals surface area contributed by atoms with Gasteiger partial charge in [-0.25, -0.2) is 8.78 Å². The average molecular weight is 363 g/mol. The third kappa shape index (κ3) is 4.99. The first-order valence-electron chi connectivity index (χ1n) is 8.10. The van der Waals surface area contributed by atoms with Gasteiger partial charge in [-0.1, -0.05) is 6.07 Å². The Hall–Kier alpha value is -1.99. The van der Waals surface area contributed by atoms with E-state index in [1.165, 1.54) is 17.8 Å². The lowest BCUT2D eigenvalue weighted by atomic mass is 10.2. The molecule has 1 saturated heterocycles. The molecule has 1 fully saturated rings. The van der Waals surface area contributed by atoms with Crippen LogP contribution in [-0.2, 0) is 11.3 Å². The molecule has 1 aromatic heterocycles. The van der Waals surface area contributed by atoms with Crippen LogP contribution >= 0.6 is 11.8 Å². The van der Waals surface area contributed by atoms with Crippen molar-refractivity contribution in [1.82, 2.24) is 14.8 Å². The van der Waals surface area contributed by atoms with Crippen LogP contribution in [0.4, 0.5) is 8.78 Å². The molecule has 0 bridgehead atoms. The number of halogens is 2. The van der Waals surface area contributed by atoms with Gasteiger partial charge in [0.05, 0.1) is 11.4 Å². The van der Waals surface area contributed by atoms with Gasteiger partial charge in [-0.05, 0) is 30.3 Å². The van der Waals surface area contributed by atoms with Crippen LogP contribution in [0.3, 0.4) is 0 Å². The van der Waals surface area contributed by atoms with E-state index in [4.69, 9.17) is 0 Å². The molecular formula is C18H19F2N3OS. The highest BCUT2D eigenvalue weighted by Gasteiger charge is 2.21. The van der Waals surface area contributed by atoms with Crippen molar-refractivity contribution in [3.63, 3.8) is 0 Å². The largest absolute Gasteiger partial charge is 0.339 e. The van der Waals surface area contributed by atoms with Crippen molar-refractivity contribution in [2.45, 2.75) is 11.4 Å². The minimum absolute atomic E-state index is 0.0206. The van der Waals surface area contributed by atoms with Crippen molar-refractivity contribution < 1.29 is 13.6 Å². The molecule has 1 aromatic carbocycles. The van der Waals surface area contributed by atoms with Crippen molar-refractivity contribution >= 4 is 17.7 Å². The lowest BCUT2D eigenvalue weighted by Crippen LogP contribution is -2.48. The minimum atomic E-state index is -0.888. The number of hydrogen-bond donors (Lipinski definition) is 0. The van der Waals surface area contributed by atoms with Crippen molar-refractivity contribution in [2.75, 3.05) is 31.9 Å². The Morgan fingerprint density at radius 1 is 1.08 bits per heavy atom. The average Bonchev–Trinajstić information content (AvgIpc) is 2.64. The number of pyridine rings is 1. The molecule has 0 aliphatic carbocycles. The predicted molar refractivity (Wildman–Crippen MR) is 93.2 cm³/mol. The zero-order valence-corrected chi connectivity index (χ0v) is 14.5. The van der Waals surface area contributed by atoms with Crippen LogP contribution in [0.25, 0.3) is 0 Å². The summed E-state index contributed by atoms with van der Waals surface area (Å²) < 4.78 is 26.1. The second-order valence-corrected chi connectivity index (χ2v) is 6.89. The van der Waals surface area contributed by atoms with Gasteiger partial charge in [0.1, 0.15) is 0 Å². The predicted octanol–water partition coefficient (Wildman–Crippen LogP) is 2.80. The molecule has 132 valence electrons. The minimum Gasteiger partial charge on any atom is -0.339 e. The van der Waals surface area contributed by atoms with Crippen LogP contribution < -0.4 is 0 Å². The van der Waals surface area contributed by atoms with Gasteiger partial charge in [0.15, 0.2) is 11.6 Å². The molecule has 0 spiro atoms. The molecule has 4 nitrogen and oxygen atoms in total. The van der Waals surface area contributed by atoms with Gasteiger partial charge in [-0.15, -0.1) is 11.8 Å². The van der Waals surface area contributed by atoms with E-state index >= 15 is 0 Å². The maximum Gasteiger partial charge on any atom is 0.233 e. The van der Waals surface area contributed by atoms with Crippen molar-refractivity contribution in [3.8, 4) is 0 Å². The summed E-state index contributed by atoms with van der Waals surface area (Å²) in [6.45, 7) is 3.73. The molecular weight excluding hydrogens is 344 g/mol. The highest BCUT2D eigenvalue weighted by atomic mass is 32.2. The highest BCUT2D eigenvalue weighted by molar-refractivity contribution is 8.00. The standard InChI is InChI=1S/C18H19F2N3OS/c19-16-5-4-15(11-17(16)20)25-13-18(24)23-9-7-22(8-10-23)12-14-3-1-2-6-21-14/h1-6,11H,7-10,12-13H2. The highest BCUT2D eigenvalue weighted by Crippen LogP contribution is 2.21. The topological polar surface area (TPSA) is 36.4 Å². The summed E-state index contributed by atoms with van der Waals surface area (Å²) in [5, 5.41) is 0. The first-order valence-corrected chi connectivity index (χ1v) is 9.08. The molecule has 0 radical (unpaired) electrons. The van der Waals surface area contributed by atoms with E-state index < -0.39 is 11.6 Å². The first kappa shape index (κ1) is 17.8. The van der Waals surface area contributed by atoms with Crippen LogP contribution in [0.15, 0.2) is 47.5 Å². The van der Waals surface area contributed by atoms with Gasteiger partial charge < -0.3 is 4.90 Å². The number of carbonyl (C=O) groups excluding carboxylic acids is 1. The van der Waals surface area contributed by atoms with Gasteiger partial charge in [0.25, 0.3) is 0 Å². The molecule has 2 aromatic rings. The molecule has 0 unspecified atom stereocenters. The zero-order chi connectivity index (χ0) is 17.6. The van der Waals surface area contributed by atoms with E-state index in [0.29, 0.717) is 18.0 Å². The molecule has 0 N–H and O–H groups in total. The summed E-state index contributed by atoms with van der Waals surface area (Å²) in [5.74, 6) is -1.52. The van der Waals surface area contributed by atoms with Gasteiger partial charge >= 0.3 is 0 Å². The zero-order valence-electron chi connectivity index (χ0n) is 13.7. The molecule has 1 aliphatic rings. The van der Waals surface area contributed by atoms with E-state index in [0.717, 1.165) is 37.5 Å². The summed E-state index contributed by atoms with van der Waals surface area (Å²) >= 11 is 1.23. The van der Waals surface area contributed by atoms with Crippen molar-refractivity contribution in [3.05, 3.63) is 59.9 Å². The molecule has 2 heterocycles. The fourth-order valence-electron chi connectivity index (χ4n) is 2.68. The third-order valence-electron chi connectivity index (χ3n) is 4.09. The Morgan fingerprint density at radius 2 is 1.88 bits per heavy atom. The number of amides is 1. The molecule has 7 heteroatoms. The Kier molecular flexibility index (Phi) is 5.99. The second kappa shape index (κ2) is 8.40. The number of aromatic nitrogens is 1. The van der Waals surface area contributed by atoms with Gasteiger partial charge in [0.2, 0.25) is 5.91 Å². The Labute approximate surface area is 149 Å². The number of rotatable bonds is 5. The number of piperazine rings is 1. The Bertz CT molecular complexity index is 722. The van der Waals surface area contributed by atoms with Crippen LogP contribution in [-0.4, -0.2) is 52.6 Å². The Balaban J connectivity index is 1.44. The molecule has 1 aliphatic heterocycles. The fourth-order valence-corrected chi connectivity index (χ4v) is 3.50. The summed E-state index contributed by atoms with van der Waals surface area (Å²) in [5.41, 5.74) is 1.02. The van der Waals surface area contributed by atoms with Crippen LogP contribution in [0.2, 0.25) is 0 Å². The fraction of sp³-hybridized carbons (Fsp3) is 0.333. The van der Waals surface area contributed by atoms with E-state index in [1.807, 2.05) is 23.1 Å². The van der Waals surface area contributed by atoms with Crippen molar-refractivity contribution in [1.29, 1.82) is 0 Å². The van der Waals surface area contributed by atoms with Crippen LogP contribution in [0.1, 0.15) is 5.69 Å². The van der Waals surface area contributed by atoms with Crippen LogP contribution in [0, 0.1) is 11.6 Å². The third-order valence-corrected chi connectivity index (χ3v) is 5.07. The van der Waals surface area contributed by atoms with Crippen molar-refractivity contribution in [2.24, 2.45) is 0 Å². The maximum atomic E-state index is 13.2. The normalized spacial score (nSPS) is 15.4. The monoisotopic (exact) mass is 363 g/mol. The van der Waals surface area contributed by atoms with Gasteiger partial charge in [-0.2, -0.15) is 0 Å². The summed E-state index contributed by atoms with van der Waals surface area (Å²) in [7, 11) is 0. The Morgan fingerprint density at radius 3 is 2.56 bits per heavy atom. The lowest BCUT2D eigenvalue weighted by molar-refractivity contribution is -0.130. The van der Waals surface area contributed by atoms with E-state index in [2.05, 4.69) is 9.88 Å².